The number of carboxylic acids is 1. The second-order valence-corrected chi connectivity index (χ2v) is 23.6. The molecule has 0 radical (unpaired) electrons. The summed E-state index contributed by atoms with van der Waals surface area (Å²) in [6.07, 6.45) is 3.38. The van der Waals surface area contributed by atoms with Gasteiger partial charge in [0, 0.05) is 81.1 Å². The number of benzene rings is 1. The standard InChI is InChI=1S/C61H86FN7O16/c1-13-47-61(8)54(84-59(77)85-61)35(4)49(67-79-24-16-17-38-26-39(31-65-30-38)55(73)63-9)33(2)29-60(7,78-12)53(83-58-51(72)46(68(10)11)25-34(3)80-58)36(5)52(37(6)57(76)81-47)82-48(70)20-23-64-21-14-15-22-66-44-28-45-41(27-43(44)62)50(71)42(56(74)75)32-69(45)40-18-19-40/h16-17,26-28,30-37,40,46-47,51-54,58,64,66,72H,13-15,18-25,29H2,1-12H3,(H,63,73)(H,74,75)/b17-16+,67-49+/t33-,34-,35+,36+,37-,46+,47-,51-,52+,53-,54-,58+,60-,61-/m1/s1. The van der Waals surface area contributed by atoms with Crippen molar-refractivity contribution in [1.82, 2.24) is 25.1 Å². The minimum Gasteiger partial charge on any atom is -0.477 e. The van der Waals surface area contributed by atoms with Crippen LogP contribution in [0.15, 0.2) is 52.8 Å². The third kappa shape index (κ3) is 15.5. The molecule has 5 N–H and O–H groups in total. The normalized spacial score (nSPS) is 30.7. The summed E-state index contributed by atoms with van der Waals surface area (Å²) in [5.41, 5.74) is -1.90. The van der Waals surface area contributed by atoms with Crippen LogP contribution in [-0.2, 0) is 47.6 Å². The van der Waals surface area contributed by atoms with Crippen molar-refractivity contribution in [3.8, 4) is 0 Å². The number of cyclic esters (lactones) is 1. The highest BCUT2D eigenvalue weighted by molar-refractivity contribution is 5.95. The van der Waals surface area contributed by atoms with Crippen molar-refractivity contribution < 1.29 is 76.6 Å². The number of aliphatic hydroxyl groups is 1. The molecule has 4 aliphatic rings. The highest BCUT2D eigenvalue weighted by atomic mass is 19.1. The van der Waals surface area contributed by atoms with Crippen LogP contribution in [0.25, 0.3) is 17.0 Å². The Morgan fingerprint density at radius 2 is 1.73 bits per heavy atom. The van der Waals surface area contributed by atoms with Gasteiger partial charge in [-0.25, -0.2) is 14.0 Å². The van der Waals surface area contributed by atoms with Gasteiger partial charge in [-0.1, -0.05) is 38.9 Å². The van der Waals surface area contributed by atoms with E-state index in [-0.39, 0.29) is 67.6 Å². The van der Waals surface area contributed by atoms with Crippen LogP contribution in [0.5, 0.6) is 0 Å². The fraction of sp³-hybridized carbons (Fsp3) is 0.639. The molecule has 1 amide bonds. The first-order chi connectivity index (χ1) is 40.3. The summed E-state index contributed by atoms with van der Waals surface area (Å²) in [5, 5.41) is 35.2. The number of pyridine rings is 2. The molecule has 0 bridgehead atoms. The molecule has 0 unspecified atom stereocenters. The topological polar surface area (TPSA) is 286 Å². The predicted molar refractivity (Wildman–Crippen MR) is 312 cm³/mol. The molecular weight excluding hydrogens is 1110 g/mol. The first kappa shape index (κ1) is 66.0. The molecule has 4 fully saturated rings. The van der Waals surface area contributed by atoms with E-state index in [0.717, 1.165) is 18.9 Å². The van der Waals surface area contributed by atoms with Gasteiger partial charge in [-0.3, -0.25) is 24.2 Å². The molecule has 24 heteroatoms. The Morgan fingerprint density at radius 3 is 2.40 bits per heavy atom. The van der Waals surface area contributed by atoms with E-state index < -0.39 is 113 Å². The molecule has 0 spiro atoms. The largest absolute Gasteiger partial charge is 0.509 e. The minimum absolute atomic E-state index is 0.00836. The Hall–Kier alpha value is -6.57. The van der Waals surface area contributed by atoms with Crippen molar-refractivity contribution in [3.05, 3.63) is 75.6 Å². The lowest BCUT2D eigenvalue weighted by Gasteiger charge is -2.48. The van der Waals surface area contributed by atoms with E-state index in [9.17, 15) is 39.0 Å². The molecule has 1 aromatic carbocycles. The number of ether oxygens (including phenoxy) is 7. The fourth-order valence-electron chi connectivity index (χ4n) is 12.2. The number of nitrogens with zero attached hydrogens (tertiary/aromatic N) is 4. The number of carboxylic acid groups (broad SMARTS) is 1. The van der Waals surface area contributed by atoms with Crippen molar-refractivity contribution in [2.75, 3.05) is 59.8 Å². The molecule has 2 aromatic heterocycles. The van der Waals surface area contributed by atoms with Gasteiger partial charge in [-0.2, -0.15) is 0 Å². The van der Waals surface area contributed by atoms with Crippen LogP contribution in [-0.4, -0.2) is 175 Å². The minimum atomic E-state index is -1.54. The SMILES string of the molecule is CC[C@H]1OC(=O)[C@H](C)[C@@H](OC(=O)CCNCCCCNc2cc3c(cc2F)c(=O)c(C(=O)O)cn3C2CC2)[C@H](C)[C@@H](O[C@@H]2O[C@H](C)C[C@H](N(C)C)[C@H]2O)[C@](C)(OC)C[C@@H](C)/C(=N\OC/C=C/c2cncc(C(=O)NC)c2)[C@H](C)[C@H]2OC(=O)O[C@@]21C. The van der Waals surface area contributed by atoms with Crippen LogP contribution in [0, 0.1) is 29.5 Å². The third-order valence-electron chi connectivity index (χ3n) is 17.0. The zero-order valence-corrected chi connectivity index (χ0v) is 50.9. The third-order valence-corrected chi connectivity index (χ3v) is 17.0. The van der Waals surface area contributed by atoms with E-state index in [2.05, 4.69) is 20.9 Å². The molecule has 23 nitrogen and oxygen atoms in total. The molecule has 1 saturated carbocycles. The molecular formula is C61H86FN7O16. The number of hydrogen-bond acceptors (Lipinski definition) is 20. The molecule has 14 atom stereocenters. The molecule has 468 valence electrons. The van der Waals surface area contributed by atoms with E-state index in [1.807, 2.05) is 46.7 Å². The molecule has 3 aromatic rings. The summed E-state index contributed by atoms with van der Waals surface area (Å²) in [4.78, 5) is 91.3. The average Bonchev–Trinajstić information content (AvgIpc) is 3.82. The van der Waals surface area contributed by atoms with E-state index in [0.29, 0.717) is 54.7 Å². The quantitative estimate of drug-likeness (QED) is 0.0297. The number of carbonyl (C=O) groups is 5. The molecule has 3 aliphatic heterocycles. The Kier molecular flexibility index (Phi) is 22.3. The van der Waals surface area contributed by atoms with Crippen LogP contribution in [0.4, 0.5) is 14.9 Å². The van der Waals surface area contributed by atoms with Gasteiger partial charge in [0.2, 0.25) is 5.43 Å². The number of aromatic nitrogens is 2. The lowest BCUT2D eigenvalue weighted by Crippen LogP contribution is -2.60. The van der Waals surface area contributed by atoms with Crippen LogP contribution < -0.4 is 21.4 Å². The lowest BCUT2D eigenvalue weighted by molar-refractivity contribution is -0.301. The second kappa shape index (κ2) is 28.7. The number of aliphatic hydroxyl groups excluding tert-OH is 1. The van der Waals surface area contributed by atoms with Crippen LogP contribution in [0.2, 0.25) is 0 Å². The molecule has 5 heterocycles. The number of amides is 1. The van der Waals surface area contributed by atoms with Gasteiger partial charge in [-0.05, 0) is 123 Å². The van der Waals surface area contributed by atoms with E-state index in [1.54, 1.807) is 62.7 Å². The van der Waals surface area contributed by atoms with Gasteiger partial charge < -0.3 is 73.6 Å². The number of halogens is 1. The lowest BCUT2D eigenvalue weighted by atomic mass is 9.73. The smallest absolute Gasteiger partial charge is 0.477 e. The van der Waals surface area contributed by atoms with Crippen LogP contribution in [0.3, 0.4) is 0 Å². The Morgan fingerprint density at radius 1 is 1.00 bits per heavy atom. The van der Waals surface area contributed by atoms with E-state index in [1.165, 1.54) is 26.6 Å². The number of oxime groups is 1. The van der Waals surface area contributed by atoms with Crippen LogP contribution >= 0.6 is 0 Å². The number of aromatic carboxylic acids is 1. The Labute approximate surface area is 495 Å². The monoisotopic (exact) mass is 1190 g/mol. The van der Waals surface area contributed by atoms with Crippen molar-refractivity contribution in [1.29, 1.82) is 0 Å². The van der Waals surface area contributed by atoms with Gasteiger partial charge in [0.1, 0.15) is 36.3 Å². The number of rotatable bonds is 22. The molecule has 3 saturated heterocycles. The van der Waals surface area contributed by atoms with Gasteiger partial charge in [-0.15, -0.1) is 0 Å². The predicted octanol–water partition coefficient (Wildman–Crippen LogP) is 6.88. The average molecular weight is 1190 g/mol. The van der Waals surface area contributed by atoms with Crippen molar-refractivity contribution in [2.24, 2.45) is 28.8 Å². The fourth-order valence-corrected chi connectivity index (χ4v) is 12.2. The first-order valence-electron chi connectivity index (χ1n) is 29.5. The van der Waals surface area contributed by atoms with Gasteiger partial charge in [0.15, 0.2) is 18.0 Å². The maximum Gasteiger partial charge on any atom is 0.509 e. The van der Waals surface area contributed by atoms with Crippen molar-refractivity contribution in [3.63, 3.8) is 0 Å². The zero-order chi connectivity index (χ0) is 62.1. The van der Waals surface area contributed by atoms with Crippen molar-refractivity contribution >= 4 is 58.3 Å². The highest BCUT2D eigenvalue weighted by Gasteiger charge is 2.59. The summed E-state index contributed by atoms with van der Waals surface area (Å²) < 4.78 is 61.6. The summed E-state index contributed by atoms with van der Waals surface area (Å²) in [6, 6.07) is 3.99. The first-order valence-corrected chi connectivity index (χ1v) is 29.5. The van der Waals surface area contributed by atoms with Crippen LogP contribution in [0.1, 0.15) is 139 Å². The number of carbonyl (C=O) groups excluding carboxylic acids is 4. The van der Waals surface area contributed by atoms with Gasteiger partial charge in [0.05, 0.1) is 52.6 Å². The number of fused-ring (bicyclic) bond motifs is 2. The maximum absolute atomic E-state index is 15.3. The van der Waals surface area contributed by atoms with E-state index >= 15 is 4.39 Å². The summed E-state index contributed by atoms with van der Waals surface area (Å²) in [6.45, 7) is 15.3. The maximum atomic E-state index is 15.3. The molecule has 7 rings (SSSR count). The number of esters is 2. The van der Waals surface area contributed by atoms with Gasteiger partial charge >= 0.3 is 24.1 Å². The molecule has 85 heavy (non-hydrogen) atoms. The van der Waals surface area contributed by atoms with Crippen molar-refractivity contribution in [2.45, 2.75) is 173 Å². The Balaban J connectivity index is 1.11. The number of nitrogens with one attached hydrogen (secondary N) is 3. The zero-order valence-electron chi connectivity index (χ0n) is 50.9. The number of likely N-dealkylation sites (N-methyl/N-ethyl adjacent to an activating group) is 1. The van der Waals surface area contributed by atoms with E-state index in [4.69, 9.17) is 43.2 Å². The second-order valence-electron chi connectivity index (χ2n) is 23.6. The highest BCUT2D eigenvalue weighted by Crippen LogP contribution is 2.44. The molecule has 1 aliphatic carbocycles. The number of methoxy groups -OCH3 is 1. The number of anilines is 1. The van der Waals surface area contributed by atoms with Gasteiger partial charge in [0.25, 0.3) is 5.91 Å². The summed E-state index contributed by atoms with van der Waals surface area (Å²) in [7, 11) is 6.77. The summed E-state index contributed by atoms with van der Waals surface area (Å²) >= 11 is 0. The number of hydrogen-bond donors (Lipinski definition) is 5. The summed E-state index contributed by atoms with van der Waals surface area (Å²) in [5.74, 6) is -7.01. The Bertz CT molecular complexity index is 2990. The number of unbranched alkanes of at least 4 members (excludes halogenated alkanes) is 1.